The van der Waals surface area contributed by atoms with E-state index >= 15 is 0 Å². The summed E-state index contributed by atoms with van der Waals surface area (Å²) in [4.78, 5) is 33.6. The first kappa shape index (κ1) is 26.4. The van der Waals surface area contributed by atoms with Gasteiger partial charge in [0.05, 0.1) is 17.2 Å². The summed E-state index contributed by atoms with van der Waals surface area (Å²) < 4.78 is 0. The highest BCUT2D eigenvalue weighted by atomic mass is 16.1. The van der Waals surface area contributed by atoms with Crippen LogP contribution >= 0.6 is 0 Å². The average molecular weight is 535 g/mol. The smallest absolute Gasteiger partial charge is 0.147 e. The Kier molecular flexibility index (Phi) is 8.28. The lowest BCUT2D eigenvalue weighted by molar-refractivity contribution is -0.118. The molecule has 206 valence electrons. The molecule has 2 aromatic heterocycles. The van der Waals surface area contributed by atoms with Crippen molar-refractivity contribution in [1.82, 2.24) is 19.9 Å². The van der Waals surface area contributed by atoms with Crippen molar-refractivity contribution in [3.05, 3.63) is 78.8 Å². The summed E-state index contributed by atoms with van der Waals surface area (Å²) in [6, 6.07) is 18.8. The first-order chi connectivity index (χ1) is 19.7. The summed E-state index contributed by atoms with van der Waals surface area (Å²) in [6.07, 6.45) is 11.7. The van der Waals surface area contributed by atoms with Crippen LogP contribution in [0.5, 0.6) is 0 Å². The third-order valence-corrected chi connectivity index (χ3v) is 8.23. The largest absolute Gasteiger partial charge is 0.368 e. The average Bonchev–Trinajstić information content (AvgIpc) is 3.02. The van der Waals surface area contributed by atoms with E-state index < -0.39 is 0 Å². The molecule has 2 aliphatic rings. The molecule has 2 saturated heterocycles. The number of carbonyl (C=O) groups excluding carboxylic acids is 1. The number of piperazine rings is 1. The number of rotatable bonds is 9. The third kappa shape index (κ3) is 6.48. The van der Waals surface area contributed by atoms with Crippen LogP contribution in [0.4, 0.5) is 11.5 Å². The van der Waals surface area contributed by atoms with Crippen molar-refractivity contribution >= 4 is 28.3 Å². The SMILES string of the molecule is O=C(CCCN1CCCCC1)Cc1ccc(-c2ccc3ncc(N4CCN(c5ccncc5)CC4)nc3c2)cc1. The minimum atomic E-state index is 0.333. The molecule has 40 heavy (non-hydrogen) atoms. The lowest BCUT2D eigenvalue weighted by atomic mass is 10.00. The number of likely N-dealkylation sites (tertiary alicyclic amines) is 1. The van der Waals surface area contributed by atoms with E-state index in [9.17, 15) is 4.79 Å². The maximum atomic E-state index is 12.6. The normalized spacial score (nSPS) is 16.4. The number of aromatic nitrogens is 3. The van der Waals surface area contributed by atoms with Crippen LogP contribution < -0.4 is 9.80 Å². The number of hydrogen-bond acceptors (Lipinski definition) is 7. The van der Waals surface area contributed by atoms with Gasteiger partial charge in [-0.05, 0) is 79.9 Å². The standard InChI is InChI=1S/C33H38N6O/c40-30(5-4-18-37-16-2-1-3-17-37)23-26-6-8-27(9-7-26)28-10-11-31-32(24-28)36-33(25-35-31)39-21-19-38(20-22-39)29-12-14-34-15-13-29/h6-15,24-25H,1-5,16-23H2. The number of fused-ring (bicyclic) bond motifs is 1. The van der Waals surface area contributed by atoms with Crippen molar-refractivity contribution in [2.75, 3.05) is 55.6 Å². The molecule has 0 spiro atoms. The van der Waals surface area contributed by atoms with Crippen molar-refractivity contribution in [3.8, 4) is 11.1 Å². The van der Waals surface area contributed by atoms with Crippen LogP contribution in [0.1, 0.15) is 37.7 Å². The van der Waals surface area contributed by atoms with E-state index in [0.717, 1.165) is 72.7 Å². The van der Waals surface area contributed by atoms with Gasteiger partial charge < -0.3 is 14.7 Å². The zero-order chi connectivity index (χ0) is 27.1. The number of ketones is 1. The lowest BCUT2D eigenvalue weighted by Crippen LogP contribution is -2.46. The molecule has 0 saturated carbocycles. The highest BCUT2D eigenvalue weighted by Crippen LogP contribution is 2.26. The van der Waals surface area contributed by atoms with Crippen molar-refractivity contribution in [3.63, 3.8) is 0 Å². The van der Waals surface area contributed by atoms with Gasteiger partial charge in [0.2, 0.25) is 0 Å². The van der Waals surface area contributed by atoms with Gasteiger partial charge in [-0.15, -0.1) is 0 Å². The van der Waals surface area contributed by atoms with E-state index in [0.29, 0.717) is 18.6 Å². The predicted octanol–water partition coefficient (Wildman–Crippen LogP) is 5.40. The van der Waals surface area contributed by atoms with Gasteiger partial charge in [-0.2, -0.15) is 0 Å². The molecular weight excluding hydrogens is 496 g/mol. The van der Waals surface area contributed by atoms with Crippen LogP contribution in [0.2, 0.25) is 0 Å². The molecule has 4 aromatic rings. The van der Waals surface area contributed by atoms with Crippen LogP contribution in [0.25, 0.3) is 22.2 Å². The maximum absolute atomic E-state index is 12.6. The van der Waals surface area contributed by atoms with Gasteiger partial charge in [0, 0.05) is 57.1 Å². The molecule has 7 heteroatoms. The number of benzene rings is 2. The molecule has 2 aromatic carbocycles. The topological polar surface area (TPSA) is 65.5 Å². The van der Waals surface area contributed by atoms with Crippen LogP contribution in [-0.4, -0.2) is 71.4 Å². The van der Waals surface area contributed by atoms with E-state index in [2.05, 4.69) is 68.2 Å². The minimum Gasteiger partial charge on any atom is -0.368 e. The van der Waals surface area contributed by atoms with E-state index in [1.165, 1.54) is 38.0 Å². The van der Waals surface area contributed by atoms with Gasteiger partial charge >= 0.3 is 0 Å². The van der Waals surface area contributed by atoms with Crippen LogP contribution in [0.3, 0.4) is 0 Å². The van der Waals surface area contributed by atoms with Crippen LogP contribution in [0.15, 0.2) is 73.2 Å². The zero-order valence-corrected chi connectivity index (χ0v) is 23.2. The van der Waals surface area contributed by atoms with E-state index in [4.69, 9.17) is 9.97 Å². The monoisotopic (exact) mass is 534 g/mol. The molecule has 0 N–H and O–H groups in total. The second-order valence-corrected chi connectivity index (χ2v) is 11.0. The van der Waals surface area contributed by atoms with Gasteiger partial charge in [-0.3, -0.25) is 14.8 Å². The van der Waals surface area contributed by atoms with E-state index in [1.54, 1.807) is 0 Å². The molecule has 6 rings (SSSR count). The number of hydrogen-bond donors (Lipinski definition) is 0. The molecule has 0 amide bonds. The fourth-order valence-corrected chi connectivity index (χ4v) is 5.90. The number of carbonyl (C=O) groups is 1. The Balaban J connectivity index is 1.06. The molecule has 0 unspecified atom stereocenters. The Morgan fingerprint density at radius 2 is 1.48 bits per heavy atom. The van der Waals surface area contributed by atoms with Crippen LogP contribution in [-0.2, 0) is 11.2 Å². The second kappa shape index (κ2) is 12.6. The molecule has 4 heterocycles. The molecule has 0 radical (unpaired) electrons. The molecule has 0 aliphatic carbocycles. The number of nitrogens with zero attached hydrogens (tertiary/aromatic N) is 6. The summed E-state index contributed by atoms with van der Waals surface area (Å²) >= 11 is 0. The summed E-state index contributed by atoms with van der Waals surface area (Å²) in [5.41, 5.74) is 6.34. The van der Waals surface area contributed by atoms with Gasteiger partial charge in [-0.1, -0.05) is 36.8 Å². The Hall–Kier alpha value is -3.84. The quantitative estimate of drug-likeness (QED) is 0.285. The summed E-state index contributed by atoms with van der Waals surface area (Å²) in [5, 5.41) is 0. The van der Waals surface area contributed by atoms with Crippen LogP contribution in [0, 0.1) is 0 Å². The number of anilines is 2. The molecular formula is C33H38N6O. The molecule has 2 aliphatic heterocycles. The van der Waals surface area contributed by atoms with Crippen molar-refractivity contribution in [2.24, 2.45) is 0 Å². The molecule has 0 bridgehead atoms. The lowest BCUT2D eigenvalue weighted by Gasteiger charge is -2.36. The highest BCUT2D eigenvalue weighted by molar-refractivity contribution is 5.83. The van der Waals surface area contributed by atoms with Gasteiger partial charge in [-0.25, -0.2) is 4.98 Å². The number of pyridine rings is 1. The first-order valence-electron chi connectivity index (χ1n) is 14.7. The summed E-state index contributed by atoms with van der Waals surface area (Å²) in [5.74, 6) is 1.26. The Morgan fingerprint density at radius 1 is 0.750 bits per heavy atom. The fraction of sp³-hybridized carbons (Fsp3) is 0.394. The number of piperidine rings is 1. The Labute approximate surface area is 236 Å². The third-order valence-electron chi connectivity index (χ3n) is 8.23. The molecule has 7 nitrogen and oxygen atoms in total. The maximum Gasteiger partial charge on any atom is 0.147 e. The highest BCUT2D eigenvalue weighted by Gasteiger charge is 2.19. The van der Waals surface area contributed by atoms with E-state index in [-0.39, 0.29) is 0 Å². The van der Waals surface area contributed by atoms with Gasteiger partial charge in [0.15, 0.2) is 0 Å². The zero-order valence-electron chi connectivity index (χ0n) is 23.2. The molecule has 0 atom stereocenters. The fourth-order valence-electron chi connectivity index (χ4n) is 5.90. The summed E-state index contributed by atoms with van der Waals surface area (Å²) in [7, 11) is 0. The van der Waals surface area contributed by atoms with Crippen molar-refractivity contribution in [2.45, 2.75) is 38.5 Å². The van der Waals surface area contributed by atoms with Gasteiger partial charge in [0.1, 0.15) is 11.6 Å². The first-order valence-corrected chi connectivity index (χ1v) is 14.7. The molecule has 2 fully saturated rings. The Bertz CT molecular complexity index is 1410. The minimum absolute atomic E-state index is 0.333. The Morgan fingerprint density at radius 3 is 2.25 bits per heavy atom. The predicted molar refractivity (Wildman–Crippen MR) is 162 cm³/mol. The van der Waals surface area contributed by atoms with E-state index in [1.807, 2.05) is 24.7 Å². The second-order valence-electron chi connectivity index (χ2n) is 11.0. The van der Waals surface area contributed by atoms with Gasteiger partial charge in [0.25, 0.3) is 0 Å². The summed E-state index contributed by atoms with van der Waals surface area (Å²) in [6.45, 7) is 7.14. The number of Topliss-reactive ketones (excluding diaryl/α,β-unsaturated/α-hetero) is 1. The van der Waals surface area contributed by atoms with Crippen molar-refractivity contribution < 1.29 is 4.79 Å². The van der Waals surface area contributed by atoms with Crippen molar-refractivity contribution in [1.29, 1.82) is 0 Å².